The zero-order valence-electron chi connectivity index (χ0n) is 10.2. The van der Waals surface area contributed by atoms with Crippen molar-refractivity contribution in [1.82, 2.24) is 5.32 Å². The van der Waals surface area contributed by atoms with Gasteiger partial charge in [-0.3, -0.25) is 10.5 Å². The van der Waals surface area contributed by atoms with E-state index < -0.39 is 6.35 Å². The predicted molar refractivity (Wildman–Crippen MR) is 64.3 cm³/mol. The van der Waals surface area contributed by atoms with Gasteiger partial charge in [-0.1, -0.05) is 26.2 Å². The maximum atomic E-state index is 11.3. The summed E-state index contributed by atoms with van der Waals surface area (Å²) in [6.07, 6.45) is 3.29. The van der Waals surface area contributed by atoms with Crippen LogP contribution in [0.4, 0.5) is 0 Å². The van der Waals surface area contributed by atoms with Gasteiger partial charge in [0.05, 0.1) is 13.0 Å². The van der Waals surface area contributed by atoms with Gasteiger partial charge in [0.15, 0.2) is 6.35 Å². The summed E-state index contributed by atoms with van der Waals surface area (Å²) in [7, 11) is 0. The minimum atomic E-state index is -0.716. The fraction of sp³-hybridized carbons (Fsp3) is 0.750. The second kappa shape index (κ2) is 10.5. The summed E-state index contributed by atoms with van der Waals surface area (Å²) in [6, 6.07) is 0. The van der Waals surface area contributed by atoms with Crippen molar-refractivity contribution in [3.8, 4) is 11.8 Å². The largest absolute Gasteiger partial charge is 0.345 e. The first kappa shape index (κ1) is 14.9. The summed E-state index contributed by atoms with van der Waals surface area (Å²) in [5, 5.41) is 2.53. The Bertz CT molecular complexity index is 243. The highest BCUT2D eigenvalue weighted by molar-refractivity contribution is 5.78. The number of hydrogen-bond acceptors (Lipinski definition) is 3. The van der Waals surface area contributed by atoms with Crippen LogP contribution < -0.4 is 11.1 Å². The highest BCUT2D eigenvalue weighted by atomic mass is 16.5. The first-order valence-corrected chi connectivity index (χ1v) is 5.83. The van der Waals surface area contributed by atoms with Crippen LogP contribution in [0.25, 0.3) is 0 Å². The third kappa shape index (κ3) is 9.50. The minimum absolute atomic E-state index is 0.185. The van der Waals surface area contributed by atoms with Gasteiger partial charge >= 0.3 is 0 Å². The Hall–Kier alpha value is -1.05. The highest BCUT2D eigenvalue weighted by Gasteiger charge is 2.05. The van der Waals surface area contributed by atoms with E-state index in [1.165, 1.54) is 0 Å². The van der Waals surface area contributed by atoms with Crippen LogP contribution in [0, 0.1) is 11.8 Å². The minimum Gasteiger partial charge on any atom is -0.345 e. The Morgan fingerprint density at radius 3 is 2.75 bits per heavy atom. The topological polar surface area (TPSA) is 64.4 Å². The molecule has 16 heavy (non-hydrogen) atoms. The molecule has 0 bridgehead atoms. The Morgan fingerprint density at radius 1 is 1.38 bits per heavy atom. The lowest BCUT2D eigenvalue weighted by atomic mass is 10.3. The molecule has 0 aromatic rings. The highest BCUT2D eigenvalue weighted by Crippen LogP contribution is 1.89. The molecule has 0 aliphatic rings. The lowest BCUT2D eigenvalue weighted by molar-refractivity contribution is -0.124. The molecule has 0 saturated heterocycles. The van der Waals surface area contributed by atoms with Gasteiger partial charge in [-0.15, -0.1) is 5.92 Å². The van der Waals surface area contributed by atoms with Gasteiger partial charge in [-0.05, 0) is 12.8 Å². The average molecular weight is 226 g/mol. The van der Waals surface area contributed by atoms with E-state index in [9.17, 15) is 4.79 Å². The van der Waals surface area contributed by atoms with Crippen molar-refractivity contribution in [1.29, 1.82) is 0 Å². The van der Waals surface area contributed by atoms with Gasteiger partial charge < -0.3 is 10.1 Å². The predicted octanol–water partition coefficient (Wildman–Crippen LogP) is 1.36. The Labute approximate surface area is 97.9 Å². The molecule has 0 saturated carbocycles. The lowest BCUT2D eigenvalue weighted by Gasteiger charge is -2.13. The number of carbonyl (C=O) groups is 1. The van der Waals surface area contributed by atoms with E-state index in [4.69, 9.17) is 10.5 Å². The van der Waals surface area contributed by atoms with E-state index in [-0.39, 0.29) is 12.3 Å². The summed E-state index contributed by atoms with van der Waals surface area (Å²) in [6.45, 7) is 4.68. The second-order valence-electron chi connectivity index (χ2n) is 3.49. The van der Waals surface area contributed by atoms with Gasteiger partial charge in [0.2, 0.25) is 5.91 Å². The number of nitrogens with two attached hydrogens (primary N) is 1. The summed E-state index contributed by atoms with van der Waals surface area (Å²) in [5.41, 5.74) is 5.54. The van der Waals surface area contributed by atoms with Crippen LogP contribution in [0.2, 0.25) is 0 Å². The summed E-state index contributed by atoms with van der Waals surface area (Å²) in [5.74, 6) is 5.50. The van der Waals surface area contributed by atoms with Crippen molar-refractivity contribution in [3.63, 3.8) is 0 Å². The Balaban J connectivity index is 3.58. The number of ether oxygens (including phenoxy) is 1. The first-order valence-electron chi connectivity index (χ1n) is 5.83. The smallest absolute Gasteiger partial charge is 0.235 e. The molecule has 0 aromatic heterocycles. The molecule has 0 aromatic carbocycles. The summed E-state index contributed by atoms with van der Waals surface area (Å²) in [4.78, 5) is 11.3. The Kier molecular flexibility index (Phi) is 9.78. The lowest BCUT2D eigenvalue weighted by Crippen LogP contribution is -2.43. The number of amides is 1. The molecule has 92 valence electrons. The quantitative estimate of drug-likeness (QED) is 0.391. The molecule has 0 fully saturated rings. The molecule has 0 aliphatic carbocycles. The van der Waals surface area contributed by atoms with Gasteiger partial charge in [0.25, 0.3) is 0 Å². The van der Waals surface area contributed by atoms with Crippen molar-refractivity contribution in [2.45, 2.75) is 52.3 Å². The summed E-state index contributed by atoms with van der Waals surface area (Å²) < 4.78 is 5.18. The molecular weight excluding hydrogens is 204 g/mol. The van der Waals surface area contributed by atoms with Crippen LogP contribution >= 0.6 is 0 Å². The fourth-order valence-electron chi connectivity index (χ4n) is 0.962. The Morgan fingerprint density at radius 2 is 2.12 bits per heavy atom. The van der Waals surface area contributed by atoms with Gasteiger partial charge in [0, 0.05) is 6.42 Å². The maximum Gasteiger partial charge on any atom is 0.235 e. The molecule has 0 rings (SSSR count). The standard InChI is InChI=1S/C12H22N2O2/c1-3-5-7-8-9-11(15)14-12(13)16-10-6-4-2/h12H,3-6,9-10,13H2,1-2H3,(H,14,15). The van der Waals surface area contributed by atoms with E-state index in [2.05, 4.69) is 24.1 Å². The van der Waals surface area contributed by atoms with Crippen LogP contribution in [-0.4, -0.2) is 18.9 Å². The van der Waals surface area contributed by atoms with Gasteiger partial charge in [-0.2, -0.15) is 0 Å². The first-order chi connectivity index (χ1) is 7.70. The van der Waals surface area contributed by atoms with Crippen LogP contribution in [0.5, 0.6) is 0 Å². The van der Waals surface area contributed by atoms with Crippen molar-refractivity contribution in [2.75, 3.05) is 6.61 Å². The molecular formula is C12H22N2O2. The molecule has 3 N–H and O–H groups in total. The molecule has 1 amide bonds. The SMILES string of the molecule is CCCC#CCC(=O)NC(N)OCCCC. The number of nitrogens with one attached hydrogen (secondary N) is 1. The van der Waals surface area contributed by atoms with Crippen LogP contribution in [0.3, 0.4) is 0 Å². The molecule has 0 heterocycles. The van der Waals surface area contributed by atoms with E-state index >= 15 is 0 Å². The van der Waals surface area contributed by atoms with E-state index in [0.29, 0.717) is 6.61 Å². The van der Waals surface area contributed by atoms with E-state index in [1.54, 1.807) is 0 Å². The summed E-state index contributed by atoms with van der Waals surface area (Å²) >= 11 is 0. The molecule has 4 nitrogen and oxygen atoms in total. The maximum absolute atomic E-state index is 11.3. The van der Waals surface area contributed by atoms with E-state index in [1.807, 2.05) is 6.92 Å². The molecule has 0 aliphatic heterocycles. The van der Waals surface area contributed by atoms with Gasteiger partial charge in [-0.25, -0.2) is 0 Å². The fourth-order valence-corrected chi connectivity index (χ4v) is 0.962. The molecule has 0 radical (unpaired) electrons. The number of rotatable bonds is 7. The second-order valence-corrected chi connectivity index (χ2v) is 3.49. The zero-order chi connectivity index (χ0) is 12.2. The zero-order valence-corrected chi connectivity index (χ0v) is 10.2. The normalized spacial score (nSPS) is 11.4. The van der Waals surface area contributed by atoms with Crippen molar-refractivity contribution in [3.05, 3.63) is 0 Å². The number of carbonyl (C=O) groups excluding carboxylic acids is 1. The van der Waals surface area contributed by atoms with Crippen LogP contribution in [-0.2, 0) is 9.53 Å². The third-order valence-corrected chi connectivity index (χ3v) is 1.85. The monoisotopic (exact) mass is 226 g/mol. The molecule has 1 unspecified atom stereocenters. The molecule has 0 spiro atoms. The molecule has 1 atom stereocenters. The van der Waals surface area contributed by atoms with Gasteiger partial charge in [0.1, 0.15) is 0 Å². The third-order valence-electron chi connectivity index (χ3n) is 1.85. The number of hydrogen-bond donors (Lipinski definition) is 2. The molecule has 4 heteroatoms. The van der Waals surface area contributed by atoms with Crippen LogP contribution in [0.1, 0.15) is 46.0 Å². The van der Waals surface area contributed by atoms with E-state index in [0.717, 1.165) is 25.7 Å². The average Bonchev–Trinajstić information content (AvgIpc) is 2.25. The van der Waals surface area contributed by atoms with Crippen molar-refractivity contribution >= 4 is 5.91 Å². The number of unbranched alkanes of at least 4 members (excludes halogenated alkanes) is 2. The van der Waals surface area contributed by atoms with Crippen molar-refractivity contribution < 1.29 is 9.53 Å². The van der Waals surface area contributed by atoms with Crippen LogP contribution in [0.15, 0.2) is 0 Å². The van der Waals surface area contributed by atoms with Crippen molar-refractivity contribution in [2.24, 2.45) is 5.73 Å².